The van der Waals surface area contributed by atoms with Crippen molar-refractivity contribution in [3.05, 3.63) is 60.7 Å². The van der Waals surface area contributed by atoms with Crippen molar-refractivity contribution < 1.29 is 48.7 Å². The Hall–Kier alpha value is -4.76. The van der Waals surface area contributed by atoms with Gasteiger partial charge in [-0.1, -0.05) is 42.8 Å². The lowest BCUT2D eigenvalue weighted by molar-refractivity contribution is -0.148. The van der Waals surface area contributed by atoms with Gasteiger partial charge in [0.25, 0.3) is 0 Å². The SMILES string of the molecule is C#COC1CCC2(C(=O)N2CCCN2C(=O)C23CCC(OCCOc2ccccc2)CC3C(=O)O)C(C(=O)O)C1.Oc1ccccc1. The fourth-order valence-corrected chi connectivity index (χ4v) is 7.34. The van der Waals surface area contributed by atoms with Crippen LogP contribution >= 0.6 is 0 Å². The van der Waals surface area contributed by atoms with Gasteiger partial charge in [-0.3, -0.25) is 19.2 Å². The molecular weight excluding hydrogens is 608 g/mol. The third kappa shape index (κ3) is 7.00. The average molecular weight is 649 g/mol. The van der Waals surface area contributed by atoms with Gasteiger partial charge in [0, 0.05) is 19.5 Å². The number of phenolic OH excluding ortho intramolecular Hbond substituents is 1. The van der Waals surface area contributed by atoms with E-state index in [1.165, 1.54) is 0 Å². The van der Waals surface area contributed by atoms with Crippen LogP contribution in [-0.2, 0) is 28.7 Å². The van der Waals surface area contributed by atoms with E-state index in [4.69, 9.17) is 25.7 Å². The van der Waals surface area contributed by atoms with E-state index in [0.29, 0.717) is 64.2 Å². The summed E-state index contributed by atoms with van der Waals surface area (Å²) < 4.78 is 16.7. The topological polar surface area (TPSA) is 163 Å². The van der Waals surface area contributed by atoms with Crippen LogP contribution in [0.5, 0.6) is 11.5 Å². The Morgan fingerprint density at radius 1 is 0.809 bits per heavy atom. The lowest BCUT2D eigenvalue weighted by atomic mass is 9.76. The van der Waals surface area contributed by atoms with E-state index in [1.54, 1.807) is 34.1 Å². The predicted octanol–water partition coefficient (Wildman–Crippen LogP) is 3.14. The molecule has 3 N–H and O–H groups in total. The number of phenols is 1. The summed E-state index contributed by atoms with van der Waals surface area (Å²) in [5.41, 5.74) is -2.09. The Bertz CT molecular complexity index is 1480. The molecule has 2 aliphatic carbocycles. The summed E-state index contributed by atoms with van der Waals surface area (Å²) in [7, 11) is 0. The van der Waals surface area contributed by atoms with E-state index in [0.717, 1.165) is 5.75 Å². The second-order valence-corrected chi connectivity index (χ2v) is 12.3. The molecule has 2 aromatic rings. The largest absolute Gasteiger partial charge is 0.508 e. The quantitative estimate of drug-likeness (QED) is 0.177. The van der Waals surface area contributed by atoms with E-state index in [2.05, 4.69) is 6.11 Å². The maximum Gasteiger partial charge on any atom is 0.309 e. The van der Waals surface area contributed by atoms with Gasteiger partial charge >= 0.3 is 11.9 Å². The summed E-state index contributed by atoms with van der Waals surface area (Å²) in [5, 5.41) is 28.4. The number of benzene rings is 2. The van der Waals surface area contributed by atoms with Gasteiger partial charge in [-0.05, 0) is 62.8 Å². The van der Waals surface area contributed by atoms with Crippen LogP contribution in [0.4, 0.5) is 0 Å². The lowest BCUT2D eigenvalue weighted by Crippen LogP contribution is -2.44. The van der Waals surface area contributed by atoms with Crippen LogP contribution < -0.4 is 4.74 Å². The molecule has 47 heavy (non-hydrogen) atoms. The number of carbonyl (C=O) groups excluding carboxylic acids is 2. The summed E-state index contributed by atoms with van der Waals surface area (Å²) in [6.45, 7) is 1.26. The zero-order valence-corrected chi connectivity index (χ0v) is 26.0. The fourth-order valence-electron chi connectivity index (χ4n) is 7.34. The molecule has 250 valence electrons. The van der Waals surface area contributed by atoms with E-state index < -0.39 is 41.0 Å². The van der Waals surface area contributed by atoms with Crippen LogP contribution in [0.25, 0.3) is 0 Å². The van der Waals surface area contributed by atoms with Gasteiger partial charge in [-0.25, -0.2) is 0 Å². The molecule has 6 rings (SSSR count). The number of aromatic hydroxyl groups is 1. The molecule has 2 aromatic carbocycles. The normalized spacial score (nSPS) is 29.0. The number of carboxylic acid groups (broad SMARTS) is 2. The number of rotatable bonds is 12. The third-order valence-corrected chi connectivity index (χ3v) is 9.74. The van der Waals surface area contributed by atoms with Crippen LogP contribution in [0.15, 0.2) is 60.7 Å². The molecule has 2 aliphatic heterocycles. The highest BCUT2D eigenvalue weighted by molar-refractivity contribution is 6.07. The van der Waals surface area contributed by atoms with Gasteiger partial charge in [0.1, 0.15) is 41.4 Å². The second-order valence-electron chi connectivity index (χ2n) is 12.3. The highest BCUT2D eigenvalue weighted by Crippen LogP contribution is 2.53. The maximum atomic E-state index is 12.9. The first-order valence-electron chi connectivity index (χ1n) is 15.9. The molecule has 2 saturated carbocycles. The first-order chi connectivity index (χ1) is 22.6. The van der Waals surface area contributed by atoms with Gasteiger partial charge in [-0.15, -0.1) is 0 Å². The molecule has 0 bridgehead atoms. The smallest absolute Gasteiger partial charge is 0.309 e. The van der Waals surface area contributed by atoms with E-state index in [-0.39, 0.29) is 30.8 Å². The van der Waals surface area contributed by atoms with Crippen molar-refractivity contribution in [1.82, 2.24) is 9.80 Å². The fraction of sp³-hybridized carbons (Fsp3) is 0.486. The molecule has 2 spiro atoms. The molecule has 4 fully saturated rings. The molecule has 2 amide bonds. The van der Waals surface area contributed by atoms with E-state index in [1.807, 2.05) is 36.4 Å². The zero-order valence-electron chi connectivity index (χ0n) is 26.0. The van der Waals surface area contributed by atoms with Crippen LogP contribution in [0.1, 0.15) is 44.9 Å². The molecule has 0 aromatic heterocycles. The highest BCUT2D eigenvalue weighted by atomic mass is 16.5. The molecule has 12 heteroatoms. The summed E-state index contributed by atoms with van der Waals surface area (Å²) in [4.78, 5) is 53.0. The minimum Gasteiger partial charge on any atom is -0.508 e. The third-order valence-electron chi connectivity index (χ3n) is 9.74. The number of hydrogen-bond acceptors (Lipinski definition) is 8. The van der Waals surface area contributed by atoms with Crippen molar-refractivity contribution in [2.45, 2.75) is 68.2 Å². The number of para-hydroxylation sites is 2. The number of carboxylic acids is 2. The van der Waals surface area contributed by atoms with E-state index in [9.17, 15) is 29.4 Å². The van der Waals surface area contributed by atoms with Crippen molar-refractivity contribution in [1.29, 1.82) is 0 Å². The summed E-state index contributed by atoms with van der Waals surface area (Å²) in [6, 6.07) is 18.1. The first kappa shape index (κ1) is 33.6. The minimum atomic E-state index is -1.06. The first-order valence-corrected chi connectivity index (χ1v) is 15.9. The molecule has 6 atom stereocenters. The van der Waals surface area contributed by atoms with Crippen LogP contribution in [0, 0.1) is 24.4 Å². The Kier molecular flexibility index (Phi) is 10.3. The Balaban J connectivity index is 0.000000549. The molecule has 2 saturated heterocycles. The standard InChI is InChI=1S/C29H34N2O9.C6H6O/c1-2-38-20-9-11-28(22(17-20)24(32)33)26(36)30(28)13-6-14-31-27(37)29(31)12-10-21(18-23(29)25(34)35)40-16-15-39-19-7-4-3-5-8-19;7-6-4-2-1-3-5-6/h1,3-5,7-8,20-23H,6,9-18H2,(H,32,33)(H,34,35);1-5,7H. The molecule has 2 heterocycles. The van der Waals surface area contributed by atoms with Crippen molar-refractivity contribution in [3.8, 4) is 24.0 Å². The van der Waals surface area contributed by atoms with Gasteiger partial charge in [-0.2, -0.15) is 0 Å². The monoisotopic (exact) mass is 648 g/mol. The predicted molar refractivity (Wildman–Crippen MR) is 167 cm³/mol. The Labute approximate surface area is 273 Å². The number of aliphatic carboxylic acids is 2. The summed E-state index contributed by atoms with van der Waals surface area (Å²) in [6.07, 6.45) is 9.24. The molecule has 0 radical (unpaired) electrons. The molecule has 6 unspecified atom stereocenters. The van der Waals surface area contributed by atoms with Crippen LogP contribution in [-0.4, -0.2) is 98.5 Å². The van der Waals surface area contributed by atoms with Crippen molar-refractivity contribution in [2.24, 2.45) is 11.8 Å². The Morgan fingerprint density at radius 3 is 1.81 bits per heavy atom. The summed E-state index contributed by atoms with van der Waals surface area (Å²) >= 11 is 0. The number of terminal acetylenes is 1. The zero-order chi connectivity index (χ0) is 33.6. The van der Waals surface area contributed by atoms with Gasteiger partial charge in [0.15, 0.2) is 0 Å². The van der Waals surface area contributed by atoms with Crippen molar-refractivity contribution in [3.63, 3.8) is 0 Å². The molecular formula is C35H40N2O10. The van der Waals surface area contributed by atoms with Gasteiger partial charge in [0.2, 0.25) is 11.8 Å². The second kappa shape index (κ2) is 14.3. The highest BCUT2D eigenvalue weighted by Gasteiger charge is 2.71. The molecule has 4 aliphatic rings. The van der Waals surface area contributed by atoms with Gasteiger partial charge in [0.05, 0.1) is 24.5 Å². The van der Waals surface area contributed by atoms with Gasteiger partial charge < -0.3 is 39.3 Å². The summed E-state index contributed by atoms with van der Waals surface area (Å²) in [5.74, 6) is -3.22. The maximum absolute atomic E-state index is 12.9. The van der Waals surface area contributed by atoms with Crippen molar-refractivity contribution >= 4 is 23.8 Å². The van der Waals surface area contributed by atoms with Crippen molar-refractivity contribution in [2.75, 3.05) is 26.3 Å². The number of hydrogen-bond donors (Lipinski definition) is 3. The Morgan fingerprint density at radius 2 is 1.32 bits per heavy atom. The average Bonchev–Trinajstić information content (AvgIpc) is 3.85. The lowest BCUT2D eigenvalue weighted by Gasteiger charge is -2.33. The van der Waals surface area contributed by atoms with Crippen LogP contribution in [0.2, 0.25) is 0 Å². The number of nitrogens with zero attached hydrogens (tertiary/aromatic N) is 2. The number of amides is 2. The number of ether oxygens (including phenoxy) is 3. The van der Waals surface area contributed by atoms with E-state index >= 15 is 0 Å². The minimum absolute atomic E-state index is 0.164. The molecule has 12 nitrogen and oxygen atoms in total. The number of carbonyl (C=O) groups is 4. The van der Waals surface area contributed by atoms with Crippen LogP contribution in [0.3, 0.4) is 0 Å².